The van der Waals surface area contributed by atoms with E-state index in [1.165, 1.54) is 6.92 Å². The number of halogens is 1. The summed E-state index contributed by atoms with van der Waals surface area (Å²) >= 11 is 3.37. The van der Waals surface area contributed by atoms with Gasteiger partial charge in [0.1, 0.15) is 0 Å². The highest BCUT2D eigenvalue weighted by molar-refractivity contribution is 9.10. The molecule has 1 rings (SSSR count). The molecule has 1 amide bonds. The Balaban J connectivity index is 2.83. The van der Waals surface area contributed by atoms with Crippen LogP contribution in [0.1, 0.15) is 19.4 Å². The molecule has 1 N–H and O–H groups in total. The van der Waals surface area contributed by atoms with E-state index in [0.29, 0.717) is 0 Å². The molecule has 4 heteroatoms. The zero-order valence-corrected chi connectivity index (χ0v) is 9.63. The van der Waals surface area contributed by atoms with E-state index in [4.69, 9.17) is 0 Å². The molecule has 0 fully saturated rings. The Hall–Kier alpha value is -1.16. The molecule has 0 atom stereocenters. The van der Waals surface area contributed by atoms with Crippen molar-refractivity contribution in [3.63, 3.8) is 0 Å². The van der Waals surface area contributed by atoms with Gasteiger partial charge >= 0.3 is 0 Å². The molecule has 0 aliphatic rings. The third-order valence-electron chi connectivity index (χ3n) is 1.62. The Bertz CT molecular complexity index is 374. The van der Waals surface area contributed by atoms with Crippen LogP contribution in [0.15, 0.2) is 33.8 Å². The average molecular weight is 255 g/mol. The van der Waals surface area contributed by atoms with Crippen molar-refractivity contribution in [2.45, 2.75) is 13.8 Å². The summed E-state index contributed by atoms with van der Waals surface area (Å²) in [5, 5.41) is 3.93. The minimum atomic E-state index is -0.167. The van der Waals surface area contributed by atoms with Crippen LogP contribution in [0.3, 0.4) is 0 Å². The van der Waals surface area contributed by atoms with Crippen molar-refractivity contribution in [1.82, 2.24) is 5.43 Å². The first kappa shape index (κ1) is 10.9. The van der Waals surface area contributed by atoms with Gasteiger partial charge < -0.3 is 0 Å². The molecule has 14 heavy (non-hydrogen) atoms. The normalized spacial score (nSPS) is 11.2. The third kappa shape index (κ3) is 3.30. The fraction of sp³-hybridized carbons (Fsp3) is 0.200. The average Bonchev–Trinajstić information content (AvgIpc) is 2.14. The second-order valence-corrected chi connectivity index (χ2v) is 3.79. The maximum Gasteiger partial charge on any atom is 0.236 e. The smallest absolute Gasteiger partial charge is 0.236 e. The zero-order chi connectivity index (χ0) is 10.6. The van der Waals surface area contributed by atoms with Gasteiger partial charge in [0, 0.05) is 11.4 Å². The number of carbonyl (C=O) groups excluding carboxylic acids is 1. The second-order valence-electron chi connectivity index (χ2n) is 2.88. The van der Waals surface area contributed by atoms with Gasteiger partial charge in [0.2, 0.25) is 5.91 Å². The van der Waals surface area contributed by atoms with E-state index in [9.17, 15) is 4.79 Å². The summed E-state index contributed by atoms with van der Waals surface area (Å²) in [6, 6.07) is 7.74. The number of nitrogens with one attached hydrogen (secondary N) is 1. The van der Waals surface area contributed by atoms with Gasteiger partial charge in [0.15, 0.2) is 0 Å². The molecular formula is C10H11BrN2O. The van der Waals surface area contributed by atoms with E-state index in [1.54, 1.807) is 0 Å². The third-order valence-corrected chi connectivity index (χ3v) is 2.12. The number of hydrazone groups is 1. The maximum absolute atomic E-state index is 10.6. The summed E-state index contributed by atoms with van der Waals surface area (Å²) in [5.74, 6) is -0.167. The molecule has 0 aliphatic heterocycles. The highest BCUT2D eigenvalue weighted by Gasteiger charge is 1.97. The standard InChI is InChI=1S/C10H11BrN2O/c1-7(12-13-8(2)14)9-4-3-5-10(11)6-9/h3-6H,1-2H3,(H,13,14)/b12-7+. The van der Waals surface area contributed by atoms with Gasteiger partial charge in [-0.05, 0) is 24.6 Å². The van der Waals surface area contributed by atoms with E-state index >= 15 is 0 Å². The number of rotatable bonds is 2. The molecule has 0 bridgehead atoms. The second kappa shape index (κ2) is 4.91. The predicted octanol–water partition coefficient (Wildman–Crippen LogP) is 2.31. The quantitative estimate of drug-likeness (QED) is 0.639. The van der Waals surface area contributed by atoms with Crippen LogP contribution in [0.25, 0.3) is 0 Å². The molecule has 1 aromatic rings. The van der Waals surface area contributed by atoms with E-state index in [2.05, 4.69) is 26.5 Å². The van der Waals surface area contributed by atoms with Crippen molar-refractivity contribution >= 4 is 27.5 Å². The molecular weight excluding hydrogens is 244 g/mol. The molecule has 0 heterocycles. The Labute approximate surface area is 91.3 Å². The molecule has 0 radical (unpaired) electrons. The number of hydrogen-bond donors (Lipinski definition) is 1. The largest absolute Gasteiger partial charge is 0.274 e. The van der Waals surface area contributed by atoms with Crippen LogP contribution in [0.2, 0.25) is 0 Å². The zero-order valence-electron chi connectivity index (χ0n) is 8.04. The Morgan fingerprint density at radius 3 is 2.71 bits per heavy atom. The summed E-state index contributed by atoms with van der Waals surface area (Å²) in [5.41, 5.74) is 4.16. The van der Waals surface area contributed by atoms with E-state index in [0.717, 1.165) is 15.7 Å². The van der Waals surface area contributed by atoms with Crippen molar-refractivity contribution in [2.24, 2.45) is 5.10 Å². The lowest BCUT2D eigenvalue weighted by Crippen LogP contribution is -2.14. The first-order valence-electron chi connectivity index (χ1n) is 4.16. The van der Waals surface area contributed by atoms with Gasteiger partial charge in [-0.2, -0.15) is 5.10 Å². The first-order chi connectivity index (χ1) is 6.59. The van der Waals surface area contributed by atoms with Gasteiger partial charge in [-0.25, -0.2) is 5.43 Å². The lowest BCUT2D eigenvalue weighted by Gasteiger charge is -2.01. The summed E-state index contributed by atoms with van der Waals surface area (Å²) in [7, 11) is 0. The lowest BCUT2D eigenvalue weighted by molar-refractivity contribution is -0.118. The monoisotopic (exact) mass is 254 g/mol. The highest BCUT2D eigenvalue weighted by Crippen LogP contribution is 2.12. The van der Waals surface area contributed by atoms with Crippen molar-refractivity contribution in [3.05, 3.63) is 34.3 Å². The Kier molecular flexibility index (Phi) is 3.83. The topological polar surface area (TPSA) is 41.5 Å². The van der Waals surface area contributed by atoms with Crippen LogP contribution in [-0.2, 0) is 4.79 Å². The molecule has 0 unspecified atom stereocenters. The van der Waals surface area contributed by atoms with Crippen LogP contribution >= 0.6 is 15.9 Å². The Morgan fingerprint density at radius 2 is 2.14 bits per heavy atom. The SMILES string of the molecule is CC(=O)N/N=C(\C)c1cccc(Br)c1. The van der Waals surface area contributed by atoms with Crippen LogP contribution in [0, 0.1) is 0 Å². The minimum Gasteiger partial charge on any atom is -0.274 e. The lowest BCUT2D eigenvalue weighted by atomic mass is 10.1. The van der Waals surface area contributed by atoms with Gasteiger partial charge in [-0.1, -0.05) is 28.1 Å². The van der Waals surface area contributed by atoms with Crippen molar-refractivity contribution in [3.8, 4) is 0 Å². The number of carbonyl (C=O) groups is 1. The predicted molar refractivity (Wildman–Crippen MR) is 60.2 cm³/mol. The molecule has 0 aromatic heterocycles. The van der Waals surface area contributed by atoms with Crippen molar-refractivity contribution in [2.75, 3.05) is 0 Å². The minimum absolute atomic E-state index is 0.167. The molecule has 0 spiro atoms. The molecule has 0 aliphatic carbocycles. The maximum atomic E-state index is 10.6. The van der Waals surface area contributed by atoms with Gasteiger partial charge in [0.05, 0.1) is 5.71 Å². The summed E-state index contributed by atoms with van der Waals surface area (Å²) in [6.45, 7) is 3.27. The van der Waals surface area contributed by atoms with E-state index < -0.39 is 0 Å². The fourth-order valence-corrected chi connectivity index (χ4v) is 1.34. The van der Waals surface area contributed by atoms with Crippen LogP contribution in [0.5, 0.6) is 0 Å². The molecule has 0 saturated heterocycles. The van der Waals surface area contributed by atoms with Gasteiger partial charge in [0.25, 0.3) is 0 Å². The number of benzene rings is 1. The fourth-order valence-electron chi connectivity index (χ4n) is 0.941. The van der Waals surface area contributed by atoms with E-state index in [1.807, 2.05) is 31.2 Å². The summed E-state index contributed by atoms with van der Waals surface area (Å²) in [4.78, 5) is 10.6. The molecule has 1 aromatic carbocycles. The van der Waals surface area contributed by atoms with Gasteiger partial charge in [-0.15, -0.1) is 0 Å². The van der Waals surface area contributed by atoms with Crippen molar-refractivity contribution in [1.29, 1.82) is 0 Å². The molecule has 74 valence electrons. The van der Waals surface area contributed by atoms with Crippen LogP contribution < -0.4 is 5.43 Å². The highest BCUT2D eigenvalue weighted by atomic mass is 79.9. The van der Waals surface area contributed by atoms with Crippen LogP contribution in [0.4, 0.5) is 0 Å². The number of amides is 1. The molecule has 0 saturated carbocycles. The van der Waals surface area contributed by atoms with Crippen molar-refractivity contribution < 1.29 is 4.79 Å². The van der Waals surface area contributed by atoms with Crippen LogP contribution in [-0.4, -0.2) is 11.6 Å². The summed E-state index contributed by atoms with van der Waals surface area (Å²) < 4.78 is 0.993. The molecule has 3 nitrogen and oxygen atoms in total. The number of hydrogen-bond acceptors (Lipinski definition) is 2. The first-order valence-corrected chi connectivity index (χ1v) is 4.95. The number of nitrogens with zero attached hydrogens (tertiary/aromatic N) is 1. The Morgan fingerprint density at radius 1 is 1.43 bits per heavy atom. The van der Waals surface area contributed by atoms with Gasteiger partial charge in [-0.3, -0.25) is 4.79 Å². The summed E-state index contributed by atoms with van der Waals surface area (Å²) in [6.07, 6.45) is 0. The van der Waals surface area contributed by atoms with E-state index in [-0.39, 0.29) is 5.91 Å².